The molecule has 1 heterocycles. The standard InChI is InChI=1S/C24H30N/c1-7-9-19-11-12-20(18(19)4)13-15-23-24(5,6)21-16-17(3)10-14-22(21)25(23)8-2/h7,9-10,13-16H,1,8,11-12H2,2-6H3/q+1/b15-13+,19-9+. The van der Waals surface area contributed by atoms with Crippen molar-refractivity contribution in [2.45, 2.75) is 52.9 Å². The molecule has 25 heavy (non-hydrogen) atoms. The van der Waals surface area contributed by atoms with Crippen LogP contribution in [0.25, 0.3) is 0 Å². The maximum absolute atomic E-state index is 3.83. The Morgan fingerprint density at radius 2 is 1.92 bits per heavy atom. The Kier molecular flexibility index (Phi) is 4.69. The molecule has 1 nitrogen and oxygen atoms in total. The van der Waals surface area contributed by atoms with Gasteiger partial charge in [-0.05, 0) is 70.2 Å². The Morgan fingerprint density at radius 1 is 1.16 bits per heavy atom. The molecule has 1 heteroatoms. The predicted molar refractivity (Wildman–Crippen MR) is 109 cm³/mol. The molecule has 0 radical (unpaired) electrons. The summed E-state index contributed by atoms with van der Waals surface area (Å²) in [6, 6.07) is 6.85. The van der Waals surface area contributed by atoms with E-state index in [2.05, 4.69) is 82.2 Å². The van der Waals surface area contributed by atoms with Gasteiger partial charge in [-0.2, -0.15) is 4.58 Å². The molecule has 1 aliphatic heterocycles. The first-order chi connectivity index (χ1) is 11.9. The van der Waals surface area contributed by atoms with Gasteiger partial charge in [-0.3, -0.25) is 0 Å². The molecule has 0 spiro atoms. The van der Waals surface area contributed by atoms with Crippen molar-refractivity contribution in [1.82, 2.24) is 0 Å². The number of fused-ring (bicyclic) bond motifs is 1. The lowest BCUT2D eigenvalue weighted by molar-refractivity contribution is -0.433. The fourth-order valence-corrected chi connectivity index (χ4v) is 4.22. The monoisotopic (exact) mass is 332 g/mol. The normalized spacial score (nSPS) is 20.9. The highest BCUT2D eigenvalue weighted by Gasteiger charge is 2.43. The summed E-state index contributed by atoms with van der Waals surface area (Å²) in [4.78, 5) is 0. The lowest BCUT2D eigenvalue weighted by atomic mass is 9.80. The Labute approximate surface area is 152 Å². The van der Waals surface area contributed by atoms with Crippen LogP contribution in [-0.2, 0) is 5.41 Å². The fourth-order valence-electron chi connectivity index (χ4n) is 4.22. The van der Waals surface area contributed by atoms with Gasteiger partial charge in [-0.25, -0.2) is 0 Å². The van der Waals surface area contributed by atoms with Gasteiger partial charge in [0.2, 0.25) is 5.69 Å². The van der Waals surface area contributed by atoms with E-state index in [9.17, 15) is 0 Å². The van der Waals surface area contributed by atoms with Gasteiger partial charge in [-0.15, -0.1) is 0 Å². The minimum absolute atomic E-state index is 0.0424. The van der Waals surface area contributed by atoms with Crippen molar-refractivity contribution in [2.75, 3.05) is 6.54 Å². The maximum Gasteiger partial charge on any atom is 0.209 e. The molecule has 0 saturated heterocycles. The van der Waals surface area contributed by atoms with Crippen molar-refractivity contribution in [3.05, 3.63) is 76.9 Å². The molecule has 0 aromatic heterocycles. The Balaban J connectivity index is 2.03. The van der Waals surface area contributed by atoms with E-state index in [0.717, 1.165) is 19.4 Å². The van der Waals surface area contributed by atoms with E-state index in [0.29, 0.717) is 0 Å². The predicted octanol–water partition coefficient (Wildman–Crippen LogP) is 6.17. The number of allylic oxidation sites excluding steroid dienone is 7. The first kappa shape index (κ1) is 17.7. The minimum Gasteiger partial charge on any atom is -0.195 e. The molecule has 0 unspecified atom stereocenters. The molecule has 2 aliphatic rings. The molecular formula is C24H30N+. The smallest absolute Gasteiger partial charge is 0.195 e. The molecule has 130 valence electrons. The van der Waals surface area contributed by atoms with Crippen molar-refractivity contribution >= 4 is 11.4 Å². The van der Waals surface area contributed by atoms with E-state index < -0.39 is 0 Å². The summed E-state index contributed by atoms with van der Waals surface area (Å²) in [7, 11) is 0. The second kappa shape index (κ2) is 6.63. The first-order valence-corrected chi connectivity index (χ1v) is 9.36. The second-order valence-corrected chi connectivity index (χ2v) is 7.69. The largest absolute Gasteiger partial charge is 0.209 e. The number of aryl methyl sites for hydroxylation is 1. The van der Waals surface area contributed by atoms with Crippen LogP contribution in [-0.4, -0.2) is 16.8 Å². The number of hydrogen-bond donors (Lipinski definition) is 0. The van der Waals surface area contributed by atoms with Crippen LogP contribution in [0.3, 0.4) is 0 Å². The summed E-state index contributed by atoms with van der Waals surface area (Å²) >= 11 is 0. The van der Waals surface area contributed by atoms with Gasteiger partial charge in [0.25, 0.3) is 0 Å². The number of benzene rings is 1. The van der Waals surface area contributed by atoms with Gasteiger partial charge in [0, 0.05) is 17.7 Å². The Hall–Kier alpha value is -2.15. The zero-order valence-electron chi connectivity index (χ0n) is 16.3. The summed E-state index contributed by atoms with van der Waals surface area (Å²) < 4.78 is 2.47. The zero-order valence-corrected chi connectivity index (χ0v) is 16.3. The topological polar surface area (TPSA) is 3.01 Å². The zero-order chi connectivity index (χ0) is 18.2. The SMILES string of the molecule is C=C/C=C1\CCC(/C=C/C2=[N+](CC)c3ccc(C)cc3C2(C)C)=C1C. The van der Waals surface area contributed by atoms with Crippen molar-refractivity contribution in [1.29, 1.82) is 0 Å². The maximum atomic E-state index is 3.83. The van der Waals surface area contributed by atoms with E-state index in [1.54, 1.807) is 0 Å². The van der Waals surface area contributed by atoms with Crippen molar-refractivity contribution in [3.63, 3.8) is 0 Å². The van der Waals surface area contributed by atoms with E-state index >= 15 is 0 Å². The summed E-state index contributed by atoms with van der Waals surface area (Å²) in [5.41, 5.74) is 9.89. The molecule has 0 saturated carbocycles. The molecule has 0 N–H and O–H groups in total. The Bertz CT molecular complexity index is 841. The Morgan fingerprint density at radius 3 is 2.60 bits per heavy atom. The van der Waals surface area contributed by atoms with Crippen LogP contribution in [0.4, 0.5) is 5.69 Å². The molecule has 0 atom stereocenters. The van der Waals surface area contributed by atoms with E-state index in [1.165, 1.54) is 39.2 Å². The molecule has 3 rings (SSSR count). The number of hydrogen-bond acceptors (Lipinski definition) is 0. The fraction of sp³-hybridized carbons (Fsp3) is 0.375. The van der Waals surface area contributed by atoms with Gasteiger partial charge in [-0.1, -0.05) is 36.4 Å². The number of rotatable bonds is 4. The third kappa shape index (κ3) is 2.97. The summed E-state index contributed by atoms with van der Waals surface area (Å²) in [6.07, 6.45) is 11.0. The van der Waals surface area contributed by atoms with Crippen LogP contribution in [0.5, 0.6) is 0 Å². The van der Waals surface area contributed by atoms with Gasteiger partial charge in [0.15, 0.2) is 5.71 Å². The summed E-state index contributed by atoms with van der Waals surface area (Å²) in [5.74, 6) is 0. The van der Waals surface area contributed by atoms with E-state index in [4.69, 9.17) is 0 Å². The molecule has 0 bridgehead atoms. The van der Waals surface area contributed by atoms with Crippen LogP contribution >= 0.6 is 0 Å². The second-order valence-electron chi connectivity index (χ2n) is 7.69. The molecule has 1 aromatic carbocycles. The van der Waals surface area contributed by atoms with Crippen LogP contribution in [0.1, 0.15) is 51.7 Å². The number of nitrogens with zero attached hydrogens (tertiary/aromatic N) is 1. The lowest BCUT2D eigenvalue weighted by Gasteiger charge is -2.16. The quantitative estimate of drug-likeness (QED) is 0.580. The highest BCUT2D eigenvalue weighted by molar-refractivity contribution is 6.03. The van der Waals surface area contributed by atoms with E-state index in [1.807, 2.05) is 6.08 Å². The van der Waals surface area contributed by atoms with Crippen molar-refractivity contribution in [2.24, 2.45) is 0 Å². The molecule has 1 aliphatic carbocycles. The highest BCUT2D eigenvalue weighted by Crippen LogP contribution is 2.41. The van der Waals surface area contributed by atoms with Crippen LogP contribution in [0, 0.1) is 6.92 Å². The van der Waals surface area contributed by atoms with Crippen molar-refractivity contribution < 1.29 is 4.58 Å². The summed E-state index contributed by atoms with van der Waals surface area (Å²) in [5, 5.41) is 0. The van der Waals surface area contributed by atoms with Crippen LogP contribution in [0.2, 0.25) is 0 Å². The van der Waals surface area contributed by atoms with Gasteiger partial charge < -0.3 is 0 Å². The molecule has 1 aromatic rings. The van der Waals surface area contributed by atoms with Gasteiger partial charge in [0.05, 0.1) is 5.41 Å². The average molecular weight is 333 g/mol. The lowest BCUT2D eigenvalue weighted by Crippen LogP contribution is -2.27. The van der Waals surface area contributed by atoms with Gasteiger partial charge in [0.1, 0.15) is 6.54 Å². The minimum atomic E-state index is 0.0424. The first-order valence-electron chi connectivity index (χ1n) is 9.36. The van der Waals surface area contributed by atoms with E-state index in [-0.39, 0.29) is 5.41 Å². The molecular weight excluding hydrogens is 302 g/mol. The highest BCUT2D eigenvalue weighted by atomic mass is 15.0. The third-order valence-corrected chi connectivity index (χ3v) is 5.75. The molecule has 0 fully saturated rings. The third-order valence-electron chi connectivity index (χ3n) is 5.75. The average Bonchev–Trinajstić information content (AvgIpc) is 3.02. The van der Waals surface area contributed by atoms with Crippen LogP contribution in [0.15, 0.2) is 65.8 Å². The van der Waals surface area contributed by atoms with Crippen molar-refractivity contribution in [3.8, 4) is 0 Å². The van der Waals surface area contributed by atoms with Crippen LogP contribution < -0.4 is 0 Å². The molecule has 0 amide bonds. The van der Waals surface area contributed by atoms with Gasteiger partial charge >= 0.3 is 0 Å². The summed E-state index contributed by atoms with van der Waals surface area (Å²) in [6.45, 7) is 16.2.